The predicted octanol–water partition coefficient (Wildman–Crippen LogP) is 5.48. The molecule has 0 radical (unpaired) electrons. The predicted molar refractivity (Wildman–Crippen MR) is 106 cm³/mol. The molecule has 0 aliphatic carbocycles. The Hall–Kier alpha value is -3.20. The van der Waals surface area contributed by atoms with Gasteiger partial charge in [0.2, 0.25) is 0 Å². The second-order valence-electron chi connectivity index (χ2n) is 6.56. The van der Waals surface area contributed by atoms with Crippen LogP contribution in [0.1, 0.15) is 28.7 Å². The lowest BCUT2D eigenvalue weighted by Crippen LogP contribution is -1.98. The van der Waals surface area contributed by atoms with Gasteiger partial charge in [-0.05, 0) is 60.0 Å². The maximum Gasteiger partial charge on any atom is 0.123 e. The Labute approximate surface area is 152 Å². The maximum atomic E-state index is 13.4. The SMILES string of the molecule is Cc1ccc(C2=NC(c3ccc(F)cc3)=C(c3ccc(N)cc3)C2)cc1. The van der Waals surface area contributed by atoms with Crippen molar-refractivity contribution in [1.29, 1.82) is 0 Å². The number of nitrogens with two attached hydrogens (primary N) is 1. The number of aliphatic imine (C=N–C) groups is 1. The van der Waals surface area contributed by atoms with E-state index in [4.69, 9.17) is 10.7 Å². The van der Waals surface area contributed by atoms with Crippen molar-refractivity contribution in [3.63, 3.8) is 0 Å². The smallest absolute Gasteiger partial charge is 0.123 e. The molecule has 0 fully saturated rings. The first-order valence-electron chi connectivity index (χ1n) is 8.60. The van der Waals surface area contributed by atoms with Crippen LogP contribution < -0.4 is 5.73 Å². The Morgan fingerprint density at radius 3 is 2.00 bits per heavy atom. The molecule has 0 spiro atoms. The lowest BCUT2D eigenvalue weighted by molar-refractivity contribution is 0.627. The Kier molecular flexibility index (Phi) is 4.13. The van der Waals surface area contributed by atoms with Gasteiger partial charge >= 0.3 is 0 Å². The van der Waals surface area contributed by atoms with Gasteiger partial charge in [-0.25, -0.2) is 4.39 Å². The second kappa shape index (κ2) is 6.60. The zero-order valence-corrected chi connectivity index (χ0v) is 14.5. The topological polar surface area (TPSA) is 38.4 Å². The van der Waals surface area contributed by atoms with E-state index in [9.17, 15) is 4.39 Å². The van der Waals surface area contributed by atoms with Crippen LogP contribution in [0.25, 0.3) is 11.3 Å². The van der Waals surface area contributed by atoms with Gasteiger partial charge in [0, 0.05) is 17.7 Å². The summed E-state index contributed by atoms with van der Waals surface area (Å²) in [5.41, 5.74) is 14.0. The van der Waals surface area contributed by atoms with E-state index in [-0.39, 0.29) is 5.82 Å². The fraction of sp³-hybridized carbons (Fsp3) is 0.0870. The number of halogens is 1. The summed E-state index contributed by atoms with van der Waals surface area (Å²) in [5.74, 6) is -0.246. The first-order chi connectivity index (χ1) is 12.6. The van der Waals surface area contributed by atoms with E-state index >= 15 is 0 Å². The number of benzene rings is 3. The van der Waals surface area contributed by atoms with E-state index in [1.54, 1.807) is 12.1 Å². The number of allylic oxidation sites excluding steroid dienone is 1. The maximum absolute atomic E-state index is 13.4. The highest BCUT2D eigenvalue weighted by Gasteiger charge is 2.21. The fourth-order valence-corrected chi connectivity index (χ4v) is 3.18. The van der Waals surface area contributed by atoms with Crippen LogP contribution in [0.5, 0.6) is 0 Å². The molecule has 3 aromatic carbocycles. The molecule has 128 valence electrons. The number of hydrogen-bond acceptors (Lipinski definition) is 2. The van der Waals surface area contributed by atoms with Crippen molar-refractivity contribution < 1.29 is 4.39 Å². The van der Waals surface area contributed by atoms with E-state index in [0.29, 0.717) is 0 Å². The lowest BCUT2D eigenvalue weighted by atomic mass is 9.95. The van der Waals surface area contributed by atoms with Crippen molar-refractivity contribution in [2.75, 3.05) is 5.73 Å². The first-order valence-corrected chi connectivity index (χ1v) is 8.60. The zero-order chi connectivity index (χ0) is 18.1. The average Bonchev–Trinajstić information content (AvgIpc) is 3.09. The van der Waals surface area contributed by atoms with Crippen LogP contribution in [0.2, 0.25) is 0 Å². The molecule has 3 aromatic rings. The normalized spacial score (nSPS) is 13.8. The summed E-state index contributed by atoms with van der Waals surface area (Å²) in [7, 11) is 0. The zero-order valence-electron chi connectivity index (χ0n) is 14.5. The Balaban J connectivity index is 1.80. The fourth-order valence-electron chi connectivity index (χ4n) is 3.18. The van der Waals surface area contributed by atoms with Gasteiger partial charge in [0.1, 0.15) is 5.82 Å². The number of aryl methyl sites for hydroxylation is 1. The van der Waals surface area contributed by atoms with Gasteiger partial charge in [-0.3, -0.25) is 4.99 Å². The molecule has 3 heteroatoms. The molecule has 1 aliphatic rings. The van der Waals surface area contributed by atoms with Crippen molar-refractivity contribution >= 4 is 22.7 Å². The van der Waals surface area contributed by atoms with Gasteiger partial charge in [-0.15, -0.1) is 0 Å². The van der Waals surface area contributed by atoms with Crippen LogP contribution in [0.15, 0.2) is 77.8 Å². The van der Waals surface area contributed by atoms with Crippen LogP contribution in [0, 0.1) is 12.7 Å². The van der Waals surface area contributed by atoms with E-state index in [1.165, 1.54) is 17.7 Å². The van der Waals surface area contributed by atoms with Crippen LogP contribution in [0.4, 0.5) is 10.1 Å². The number of anilines is 1. The third-order valence-electron chi connectivity index (χ3n) is 4.64. The van der Waals surface area contributed by atoms with Gasteiger partial charge in [0.25, 0.3) is 0 Å². The van der Waals surface area contributed by atoms with E-state index in [1.807, 2.05) is 24.3 Å². The Morgan fingerprint density at radius 1 is 0.769 bits per heavy atom. The monoisotopic (exact) mass is 342 g/mol. The Bertz CT molecular complexity index is 996. The molecule has 0 saturated carbocycles. The molecule has 1 aliphatic heterocycles. The van der Waals surface area contributed by atoms with Crippen LogP contribution in [-0.4, -0.2) is 5.71 Å². The standard InChI is InChI=1S/C23H19FN2/c1-15-2-4-17(5-3-15)22-14-21(16-8-12-20(25)13-9-16)23(26-22)18-6-10-19(24)11-7-18/h2-13H,14,25H2,1H3. The largest absolute Gasteiger partial charge is 0.399 e. The minimum Gasteiger partial charge on any atom is -0.399 e. The van der Waals surface area contributed by atoms with Crippen molar-refractivity contribution in [3.8, 4) is 0 Å². The molecule has 26 heavy (non-hydrogen) atoms. The third kappa shape index (κ3) is 3.16. The van der Waals surface area contributed by atoms with Crippen molar-refractivity contribution in [1.82, 2.24) is 0 Å². The summed E-state index contributed by atoms with van der Waals surface area (Å²) < 4.78 is 13.4. The molecule has 1 heterocycles. The average molecular weight is 342 g/mol. The molecule has 0 atom stereocenters. The molecule has 0 amide bonds. The number of hydrogen-bond donors (Lipinski definition) is 1. The van der Waals surface area contributed by atoms with Crippen LogP contribution in [0.3, 0.4) is 0 Å². The van der Waals surface area contributed by atoms with Gasteiger partial charge in [0.05, 0.1) is 11.4 Å². The lowest BCUT2D eigenvalue weighted by Gasteiger charge is -2.07. The molecule has 0 saturated heterocycles. The summed E-state index contributed by atoms with van der Waals surface area (Å²) >= 11 is 0. The van der Waals surface area contributed by atoms with E-state index in [0.717, 1.165) is 45.8 Å². The second-order valence-corrected chi connectivity index (χ2v) is 6.56. The molecule has 2 N–H and O–H groups in total. The highest BCUT2D eigenvalue weighted by atomic mass is 19.1. The van der Waals surface area contributed by atoms with E-state index < -0.39 is 0 Å². The molecule has 2 nitrogen and oxygen atoms in total. The minimum atomic E-state index is -0.246. The highest BCUT2D eigenvalue weighted by Crippen LogP contribution is 2.37. The summed E-state index contributed by atoms with van der Waals surface area (Å²) in [5, 5.41) is 0. The first kappa shape index (κ1) is 16.3. The van der Waals surface area contributed by atoms with Crippen LogP contribution >= 0.6 is 0 Å². The van der Waals surface area contributed by atoms with Gasteiger partial charge in [-0.1, -0.05) is 42.0 Å². The van der Waals surface area contributed by atoms with Gasteiger partial charge in [-0.2, -0.15) is 0 Å². The number of rotatable bonds is 3. The van der Waals surface area contributed by atoms with Crippen molar-refractivity contribution in [2.45, 2.75) is 13.3 Å². The minimum absolute atomic E-state index is 0.246. The molecular formula is C23H19FN2. The quantitative estimate of drug-likeness (QED) is 0.629. The molecule has 0 aromatic heterocycles. The van der Waals surface area contributed by atoms with Crippen LogP contribution in [-0.2, 0) is 0 Å². The molecule has 4 rings (SSSR count). The number of nitrogens with zero attached hydrogens (tertiary/aromatic N) is 1. The van der Waals surface area contributed by atoms with Crippen molar-refractivity contribution in [2.24, 2.45) is 4.99 Å². The molecule has 0 unspecified atom stereocenters. The number of nitrogen functional groups attached to an aromatic ring is 1. The Morgan fingerprint density at radius 2 is 1.35 bits per heavy atom. The summed E-state index contributed by atoms with van der Waals surface area (Å²) in [6.07, 6.45) is 0.736. The van der Waals surface area contributed by atoms with E-state index in [2.05, 4.69) is 31.2 Å². The third-order valence-corrected chi connectivity index (χ3v) is 4.64. The summed E-state index contributed by atoms with van der Waals surface area (Å²) in [6, 6.07) is 22.7. The molecule has 0 bridgehead atoms. The van der Waals surface area contributed by atoms with Gasteiger partial charge in [0.15, 0.2) is 0 Å². The molecular weight excluding hydrogens is 323 g/mol. The summed E-state index contributed by atoms with van der Waals surface area (Å²) in [4.78, 5) is 4.91. The summed E-state index contributed by atoms with van der Waals surface area (Å²) in [6.45, 7) is 2.07. The van der Waals surface area contributed by atoms with Gasteiger partial charge < -0.3 is 5.73 Å². The van der Waals surface area contributed by atoms with Crippen molar-refractivity contribution in [3.05, 3.63) is 101 Å². The highest BCUT2D eigenvalue weighted by molar-refractivity contribution is 6.16.